The van der Waals surface area contributed by atoms with E-state index in [-0.39, 0.29) is 17.4 Å². The topological polar surface area (TPSA) is 76.7 Å². The highest BCUT2D eigenvalue weighted by atomic mass is 35.5. The van der Waals surface area contributed by atoms with Gasteiger partial charge in [0.2, 0.25) is 0 Å². The van der Waals surface area contributed by atoms with Gasteiger partial charge in [-0.3, -0.25) is 20.4 Å². The van der Waals surface area contributed by atoms with E-state index in [1.807, 2.05) is 0 Å². The first-order chi connectivity index (χ1) is 12.3. The van der Waals surface area contributed by atoms with Crippen molar-refractivity contribution >= 4 is 35.0 Å². The highest BCUT2D eigenvalue weighted by Crippen LogP contribution is 2.27. The smallest absolute Gasteiger partial charge is 0.279 e. The Balaban J connectivity index is 1.75. The van der Waals surface area contributed by atoms with Gasteiger partial charge in [0.15, 0.2) is 12.7 Å². The molecule has 6 nitrogen and oxygen atoms in total. The molecule has 0 unspecified atom stereocenters. The van der Waals surface area contributed by atoms with Crippen LogP contribution in [0.25, 0.3) is 0 Å². The molecule has 0 aliphatic heterocycles. The number of halogens is 3. The van der Waals surface area contributed by atoms with Crippen molar-refractivity contribution in [3.8, 4) is 11.5 Å². The molecule has 0 radical (unpaired) electrons. The Labute approximate surface area is 159 Å². The fourth-order valence-corrected chi connectivity index (χ4v) is 2.24. The molecule has 9 heteroatoms. The van der Waals surface area contributed by atoms with Crippen molar-refractivity contribution in [2.75, 3.05) is 6.61 Å². The zero-order valence-electron chi connectivity index (χ0n) is 13.6. The molecule has 2 N–H and O–H groups in total. The van der Waals surface area contributed by atoms with E-state index in [1.165, 1.54) is 43.3 Å². The first-order valence-electron chi connectivity index (χ1n) is 7.44. The lowest BCUT2D eigenvalue weighted by atomic mass is 10.3. The van der Waals surface area contributed by atoms with Crippen LogP contribution in [0, 0.1) is 5.82 Å². The Kier molecular flexibility index (Phi) is 7.06. The lowest BCUT2D eigenvalue weighted by Gasteiger charge is -2.15. The maximum Gasteiger partial charge on any atom is 0.279 e. The van der Waals surface area contributed by atoms with Gasteiger partial charge < -0.3 is 9.47 Å². The molecule has 2 amide bonds. The van der Waals surface area contributed by atoms with Gasteiger partial charge in [-0.2, -0.15) is 0 Å². The molecule has 0 aliphatic rings. The molecule has 0 aliphatic carbocycles. The van der Waals surface area contributed by atoms with Gasteiger partial charge in [-0.25, -0.2) is 4.39 Å². The summed E-state index contributed by atoms with van der Waals surface area (Å²) in [6.07, 6.45) is -0.910. The number of rotatable bonds is 6. The van der Waals surface area contributed by atoms with Crippen molar-refractivity contribution < 1.29 is 23.5 Å². The molecule has 0 aromatic heterocycles. The first-order valence-corrected chi connectivity index (χ1v) is 8.19. The molecule has 1 atom stereocenters. The third kappa shape index (κ3) is 6.09. The molecule has 0 saturated heterocycles. The van der Waals surface area contributed by atoms with Crippen LogP contribution in [0.4, 0.5) is 4.39 Å². The van der Waals surface area contributed by atoms with Crippen molar-refractivity contribution in [3.05, 3.63) is 58.3 Å². The zero-order chi connectivity index (χ0) is 19.1. The Hall–Kier alpha value is -2.51. The van der Waals surface area contributed by atoms with Crippen molar-refractivity contribution in [2.45, 2.75) is 13.0 Å². The number of carbonyl (C=O) groups is 2. The molecule has 26 heavy (non-hydrogen) atoms. The summed E-state index contributed by atoms with van der Waals surface area (Å²) >= 11 is 11.7. The highest BCUT2D eigenvalue weighted by Gasteiger charge is 2.16. The van der Waals surface area contributed by atoms with Gasteiger partial charge in [0.1, 0.15) is 17.3 Å². The largest absolute Gasteiger partial charge is 0.482 e. The maximum atomic E-state index is 12.8. The first kappa shape index (κ1) is 19.8. The van der Waals surface area contributed by atoms with E-state index in [9.17, 15) is 14.0 Å². The Morgan fingerprint density at radius 2 is 1.81 bits per heavy atom. The van der Waals surface area contributed by atoms with E-state index < -0.39 is 23.7 Å². The monoisotopic (exact) mass is 400 g/mol. The molecule has 0 bridgehead atoms. The summed E-state index contributed by atoms with van der Waals surface area (Å²) in [5, 5.41) is 0.699. The molecule has 138 valence electrons. The minimum atomic E-state index is -0.910. The van der Waals surface area contributed by atoms with Crippen LogP contribution in [0.2, 0.25) is 10.0 Å². The van der Waals surface area contributed by atoms with Gasteiger partial charge in [0.25, 0.3) is 11.8 Å². The van der Waals surface area contributed by atoms with Crippen LogP contribution in [-0.2, 0) is 9.59 Å². The number of nitrogens with one attached hydrogen (secondary N) is 2. The Morgan fingerprint density at radius 1 is 1.12 bits per heavy atom. The van der Waals surface area contributed by atoms with Gasteiger partial charge in [-0.05, 0) is 49.4 Å². The van der Waals surface area contributed by atoms with Crippen LogP contribution in [-0.4, -0.2) is 24.5 Å². The van der Waals surface area contributed by atoms with Gasteiger partial charge in [0, 0.05) is 5.02 Å². The molecule has 2 aromatic carbocycles. The minimum absolute atomic E-state index is 0.260. The number of hydrazine groups is 1. The zero-order valence-corrected chi connectivity index (χ0v) is 15.1. The normalized spacial score (nSPS) is 11.4. The van der Waals surface area contributed by atoms with Gasteiger partial charge >= 0.3 is 0 Å². The van der Waals surface area contributed by atoms with E-state index in [4.69, 9.17) is 32.7 Å². The quantitative estimate of drug-likeness (QED) is 0.730. The van der Waals surface area contributed by atoms with Crippen LogP contribution in [0.15, 0.2) is 42.5 Å². The van der Waals surface area contributed by atoms with Crippen LogP contribution in [0.1, 0.15) is 6.92 Å². The summed E-state index contributed by atoms with van der Waals surface area (Å²) in [5.74, 6) is -1.00. The predicted molar refractivity (Wildman–Crippen MR) is 94.7 cm³/mol. The Morgan fingerprint density at radius 3 is 2.46 bits per heavy atom. The SMILES string of the molecule is C[C@@H](Oc1ccc(F)cc1)C(=O)NNC(=O)COc1ccc(Cl)cc1Cl. The van der Waals surface area contributed by atoms with E-state index in [0.29, 0.717) is 10.8 Å². The molecule has 0 heterocycles. The molecule has 2 aromatic rings. The van der Waals surface area contributed by atoms with Crippen LogP contribution >= 0.6 is 23.2 Å². The van der Waals surface area contributed by atoms with Crippen LogP contribution in [0.3, 0.4) is 0 Å². The third-order valence-corrected chi connectivity index (χ3v) is 3.60. The average molecular weight is 401 g/mol. The van der Waals surface area contributed by atoms with Gasteiger partial charge in [-0.1, -0.05) is 23.2 Å². The second-order valence-corrected chi connectivity index (χ2v) is 5.96. The van der Waals surface area contributed by atoms with E-state index in [0.717, 1.165) is 0 Å². The lowest BCUT2D eigenvalue weighted by molar-refractivity contribution is -0.133. The predicted octanol–water partition coefficient (Wildman–Crippen LogP) is 3.13. The summed E-state index contributed by atoms with van der Waals surface area (Å²) in [4.78, 5) is 23.6. The summed E-state index contributed by atoms with van der Waals surface area (Å²) in [7, 11) is 0. The molecular formula is C17H15Cl2FN2O4. The van der Waals surface area contributed by atoms with Crippen molar-refractivity contribution in [2.24, 2.45) is 0 Å². The maximum absolute atomic E-state index is 12.8. The summed E-state index contributed by atoms with van der Waals surface area (Å²) in [5.41, 5.74) is 4.39. The number of carbonyl (C=O) groups excluding carboxylic acids is 2. The van der Waals surface area contributed by atoms with E-state index in [1.54, 1.807) is 6.07 Å². The Bertz CT molecular complexity index is 787. The number of ether oxygens (including phenoxy) is 2. The van der Waals surface area contributed by atoms with Crippen molar-refractivity contribution in [1.29, 1.82) is 0 Å². The number of hydrogen-bond acceptors (Lipinski definition) is 4. The fourth-order valence-electron chi connectivity index (χ4n) is 1.78. The molecular weight excluding hydrogens is 386 g/mol. The van der Waals surface area contributed by atoms with Gasteiger partial charge in [0.05, 0.1) is 5.02 Å². The minimum Gasteiger partial charge on any atom is -0.482 e. The van der Waals surface area contributed by atoms with Gasteiger partial charge in [-0.15, -0.1) is 0 Å². The average Bonchev–Trinajstić information content (AvgIpc) is 2.60. The summed E-state index contributed by atoms with van der Waals surface area (Å²) in [6.45, 7) is 1.11. The number of amides is 2. The molecule has 0 saturated carbocycles. The van der Waals surface area contributed by atoms with E-state index >= 15 is 0 Å². The van der Waals surface area contributed by atoms with Crippen molar-refractivity contribution in [3.63, 3.8) is 0 Å². The van der Waals surface area contributed by atoms with Crippen molar-refractivity contribution in [1.82, 2.24) is 10.9 Å². The van der Waals surface area contributed by atoms with Crippen LogP contribution in [0.5, 0.6) is 11.5 Å². The molecule has 0 fully saturated rings. The summed E-state index contributed by atoms with van der Waals surface area (Å²) in [6, 6.07) is 9.77. The summed E-state index contributed by atoms with van der Waals surface area (Å²) < 4.78 is 23.4. The molecule has 2 rings (SSSR count). The second-order valence-electron chi connectivity index (χ2n) is 5.11. The third-order valence-electron chi connectivity index (χ3n) is 3.07. The number of hydrogen-bond donors (Lipinski definition) is 2. The number of benzene rings is 2. The molecule has 0 spiro atoms. The van der Waals surface area contributed by atoms with E-state index in [2.05, 4.69) is 10.9 Å². The lowest BCUT2D eigenvalue weighted by Crippen LogP contribution is -2.48. The second kappa shape index (κ2) is 9.26. The fraction of sp³-hybridized carbons (Fsp3) is 0.176. The standard InChI is InChI=1S/C17H15Cl2FN2O4/c1-10(26-13-5-3-12(20)4-6-13)17(24)22-21-16(23)9-25-15-7-2-11(18)8-14(15)19/h2-8,10H,9H2,1H3,(H,21,23)(H,22,24)/t10-/m1/s1. The van der Waals surface area contributed by atoms with Crippen LogP contribution < -0.4 is 20.3 Å². The highest BCUT2D eigenvalue weighted by molar-refractivity contribution is 6.35.